The molecule has 0 unspecified atom stereocenters. The van der Waals surface area contributed by atoms with Crippen molar-refractivity contribution in [3.63, 3.8) is 0 Å². The molecule has 0 aromatic heterocycles. The van der Waals surface area contributed by atoms with E-state index in [2.05, 4.69) is 12.1 Å². The lowest BCUT2D eigenvalue weighted by atomic mass is 10.2. The number of ether oxygens (including phenoxy) is 3. The highest BCUT2D eigenvalue weighted by atomic mass is 16.8. The van der Waals surface area contributed by atoms with Crippen LogP contribution in [0, 0.1) is 0 Å². The summed E-state index contributed by atoms with van der Waals surface area (Å²) in [5, 5.41) is 0. The number of hydrogen-bond donors (Lipinski definition) is 0. The fraction of sp³-hybridized carbons (Fsp3) is 0.571. The second-order valence-electron chi connectivity index (χ2n) is 4.69. The number of rotatable bonds is 3. The van der Waals surface area contributed by atoms with Crippen LogP contribution >= 0.6 is 0 Å². The molecule has 1 heterocycles. The molecular formula is C14H18O3. The Morgan fingerprint density at radius 3 is 2.71 bits per heavy atom. The van der Waals surface area contributed by atoms with Gasteiger partial charge in [0, 0.05) is 6.42 Å². The molecule has 0 N–H and O–H groups in total. The van der Waals surface area contributed by atoms with Crippen molar-refractivity contribution in [1.29, 1.82) is 0 Å². The summed E-state index contributed by atoms with van der Waals surface area (Å²) in [7, 11) is 0. The van der Waals surface area contributed by atoms with Gasteiger partial charge in [-0.05, 0) is 18.4 Å². The Hall–Kier alpha value is -0.900. The zero-order valence-corrected chi connectivity index (χ0v) is 9.93. The van der Waals surface area contributed by atoms with Crippen molar-refractivity contribution in [1.82, 2.24) is 0 Å². The van der Waals surface area contributed by atoms with Gasteiger partial charge in [0.05, 0.1) is 19.8 Å². The maximum Gasteiger partial charge on any atom is 0.194 e. The predicted molar refractivity (Wildman–Crippen MR) is 63.5 cm³/mol. The van der Waals surface area contributed by atoms with E-state index in [9.17, 15) is 0 Å². The Morgan fingerprint density at radius 2 is 1.94 bits per heavy atom. The van der Waals surface area contributed by atoms with E-state index in [-0.39, 0.29) is 6.10 Å². The van der Waals surface area contributed by atoms with E-state index < -0.39 is 5.79 Å². The van der Waals surface area contributed by atoms with Gasteiger partial charge in [-0.2, -0.15) is 0 Å². The molecule has 0 radical (unpaired) electrons. The van der Waals surface area contributed by atoms with Gasteiger partial charge in [-0.15, -0.1) is 0 Å². The van der Waals surface area contributed by atoms with Crippen molar-refractivity contribution in [3.8, 4) is 0 Å². The number of hydrogen-bond acceptors (Lipinski definition) is 3. The molecule has 1 spiro atoms. The minimum atomic E-state index is -0.436. The third-order valence-corrected chi connectivity index (χ3v) is 3.55. The highest BCUT2D eigenvalue weighted by molar-refractivity contribution is 5.13. The fourth-order valence-electron chi connectivity index (χ4n) is 2.70. The lowest BCUT2D eigenvalue weighted by Crippen LogP contribution is -2.40. The summed E-state index contributed by atoms with van der Waals surface area (Å²) in [4.78, 5) is 0. The van der Waals surface area contributed by atoms with Crippen LogP contribution in [0.2, 0.25) is 0 Å². The van der Waals surface area contributed by atoms with Gasteiger partial charge in [0.1, 0.15) is 6.10 Å². The van der Waals surface area contributed by atoms with Crippen LogP contribution in [-0.2, 0) is 20.8 Å². The largest absolute Gasteiger partial charge is 0.368 e. The summed E-state index contributed by atoms with van der Waals surface area (Å²) in [6, 6.07) is 10.2. The quantitative estimate of drug-likeness (QED) is 0.804. The minimum Gasteiger partial charge on any atom is -0.368 e. The van der Waals surface area contributed by atoms with E-state index in [1.54, 1.807) is 0 Å². The van der Waals surface area contributed by atoms with Crippen molar-refractivity contribution in [2.24, 2.45) is 0 Å². The van der Waals surface area contributed by atoms with Crippen LogP contribution in [0.25, 0.3) is 0 Å². The molecule has 3 heteroatoms. The van der Waals surface area contributed by atoms with Gasteiger partial charge < -0.3 is 14.2 Å². The molecule has 2 fully saturated rings. The SMILES string of the molecule is c1ccc(CO[C@@H]2CCCC23OCCO3)cc1. The van der Waals surface area contributed by atoms with E-state index in [1.807, 2.05) is 18.2 Å². The molecule has 17 heavy (non-hydrogen) atoms. The molecule has 2 aliphatic rings. The molecule has 1 atom stereocenters. The summed E-state index contributed by atoms with van der Waals surface area (Å²) in [5.41, 5.74) is 1.20. The smallest absolute Gasteiger partial charge is 0.194 e. The number of benzene rings is 1. The lowest BCUT2D eigenvalue weighted by Gasteiger charge is -2.29. The zero-order valence-electron chi connectivity index (χ0n) is 9.93. The van der Waals surface area contributed by atoms with Gasteiger partial charge >= 0.3 is 0 Å². The first kappa shape index (κ1) is 11.2. The lowest BCUT2D eigenvalue weighted by molar-refractivity contribution is -0.221. The van der Waals surface area contributed by atoms with E-state index >= 15 is 0 Å². The highest BCUT2D eigenvalue weighted by Crippen LogP contribution is 2.39. The summed E-state index contributed by atoms with van der Waals surface area (Å²) in [5.74, 6) is -0.436. The van der Waals surface area contributed by atoms with E-state index in [4.69, 9.17) is 14.2 Å². The second-order valence-corrected chi connectivity index (χ2v) is 4.69. The summed E-state index contributed by atoms with van der Waals surface area (Å²) in [6.45, 7) is 2.04. The second kappa shape index (κ2) is 4.77. The molecule has 1 saturated heterocycles. The van der Waals surface area contributed by atoms with Crippen LogP contribution in [0.15, 0.2) is 30.3 Å². The van der Waals surface area contributed by atoms with E-state index in [0.717, 1.165) is 19.3 Å². The van der Waals surface area contributed by atoms with Crippen LogP contribution in [0.1, 0.15) is 24.8 Å². The molecule has 92 valence electrons. The Morgan fingerprint density at radius 1 is 1.18 bits per heavy atom. The fourth-order valence-corrected chi connectivity index (χ4v) is 2.70. The highest BCUT2D eigenvalue weighted by Gasteiger charge is 2.48. The van der Waals surface area contributed by atoms with Crippen LogP contribution < -0.4 is 0 Å². The van der Waals surface area contributed by atoms with E-state index in [1.165, 1.54) is 5.56 Å². The van der Waals surface area contributed by atoms with Crippen molar-refractivity contribution in [2.75, 3.05) is 13.2 Å². The zero-order chi connectivity index (χ0) is 11.6. The van der Waals surface area contributed by atoms with E-state index in [0.29, 0.717) is 19.8 Å². The standard InChI is InChI=1S/C14H18O3/c1-2-5-12(6-3-1)11-15-13-7-4-8-14(13)16-9-10-17-14/h1-3,5-6,13H,4,7-11H2/t13-/m1/s1. The van der Waals surface area contributed by atoms with Crippen LogP contribution in [0.5, 0.6) is 0 Å². The first-order valence-electron chi connectivity index (χ1n) is 6.32. The Labute approximate surface area is 102 Å². The monoisotopic (exact) mass is 234 g/mol. The molecule has 1 aromatic rings. The van der Waals surface area contributed by atoms with Crippen LogP contribution in [-0.4, -0.2) is 25.1 Å². The third kappa shape index (κ3) is 2.23. The van der Waals surface area contributed by atoms with Gasteiger partial charge in [-0.3, -0.25) is 0 Å². The van der Waals surface area contributed by atoms with Crippen LogP contribution in [0.4, 0.5) is 0 Å². The third-order valence-electron chi connectivity index (χ3n) is 3.55. The van der Waals surface area contributed by atoms with Gasteiger partial charge in [0.25, 0.3) is 0 Å². The average molecular weight is 234 g/mol. The molecule has 0 amide bonds. The molecular weight excluding hydrogens is 216 g/mol. The topological polar surface area (TPSA) is 27.7 Å². The molecule has 3 nitrogen and oxygen atoms in total. The first-order chi connectivity index (χ1) is 8.39. The van der Waals surface area contributed by atoms with Gasteiger partial charge in [-0.1, -0.05) is 30.3 Å². The molecule has 1 aliphatic heterocycles. The van der Waals surface area contributed by atoms with Crippen molar-refractivity contribution in [2.45, 2.75) is 37.8 Å². The maximum absolute atomic E-state index is 5.98. The molecule has 1 aliphatic carbocycles. The molecule has 1 saturated carbocycles. The van der Waals surface area contributed by atoms with Gasteiger partial charge in [0.2, 0.25) is 0 Å². The first-order valence-corrected chi connectivity index (χ1v) is 6.32. The predicted octanol–water partition coefficient (Wildman–Crippen LogP) is 2.50. The Kier molecular flexibility index (Phi) is 3.14. The maximum atomic E-state index is 5.98. The summed E-state index contributed by atoms with van der Waals surface area (Å²) < 4.78 is 17.5. The molecule has 3 rings (SSSR count). The Bertz CT molecular complexity index is 351. The van der Waals surface area contributed by atoms with Gasteiger partial charge in [0.15, 0.2) is 5.79 Å². The Balaban J connectivity index is 1.61. The van der Waals surface area contributed by atoms with Crippen molar-refractivity contribution in [3.05, 3.63) is 35.9 Å². The average Bonchev–Trinajstić information content (AvgIpc) is 3.00. The van der Waals surface area contributed by atoms with Crippen molar-refractivity contribution < 1.29 is 14.2 Å². The molecule has 0 bridgehead atoms. The summed E-state index contributed by atoms with van der Waals surface area (Å²) in [6.07, 6.45) is 3.21. The summed E-state index contributed by atoms with van der Waals surface area (Å²) >= 11 is 0. The van der Waals surface area contributed by atoms with Crippen molar-refractivity contribution >= 4 is 0 Å². The normalized spacial score (nSPS) is 26.7. The molecule has 1 aromatic carbocycles. The van der Waals surface area contributed by atoms with Gasteiger partial charge in [-0.25, -0.2) is 0 Å². The van der Waals surface area contributed by atoms with Crippen LogP contribution in [0.3, 0.4) is 0 Å². The minimum absolute atomic E-state index is 0.0882.